The second-order valence-corrected chi connectivity index (χ2v) is 7.58. The lowest BCUT2D eigenvalue weighted by Crippen LogP contribution is -2.34. The Kier molecular flexibility index (Phi) is 5.16. The van der Waals surface area contributed by atoms with Crippen molar-refractivity contribution in [2.24, 2.45) is 0 Å². The summed E-state index contributed by atoms with van der Waals surface area (Å²) in [5.41, 5.74) is 5.59. The molecule has 0 aliphatic heterocycles. The van der Waals surface area contributed by atoms with Gasteiger partial charge in [0.05, 0.1) is 29.4 Å². The minimum Gasteiger partial charge on any atom is -0.383 e. The van der Waals surface area contributed by atoms with Crippen LogP contribution < -0.4 is 5.73 Å². The van der Waals surface area contributed by atoms with Crippen molar-refractivity contribution in [2.45, 2.75) is 32.5 Å². The van der Waals surface area contributed by atoms with Crippen LogP contribution in [0.4, 0.5) is 19.0 Å². The largest absolute Gasteiger partial charge is 0.417 e. The molecule has 0 radical (unpaired) electrons. The van der Waals surface area contributed by atoms with E-state index >= 15 is 0 Å². The van der Waals surface area contributed by atoms with Crippen LogP contribution in [-0.2, 0) is 12.7 Å². The number of nitrogen functional groups attached to an aromatic ring is 1. The maximum Gasteiger partial charge on any atom is 0.417 e. The molecule has 1 atom stereocenters. The first-order valence-electron chi connectivity index (χ1n) is 11.7. The lowest BCUT2D eigenvalue weighted by Gasteiger charge is -2.28. The summed E-state index contributed by atoms with van der Waals surface area (Å²) in [6, 6.07) is 8.96. The topological polar surface area (TPSA) is 97.9 Å². The number of hydrogen-bond donors (Lipinski definition) is 1. The number of nitrogens with zero attached hydrogens (tertiary/aromatic N) is 5. The number of alkyl halides is 3. The molecule has 0 fully saturated rings. The van der Waals surface area contributed by atoms with Gasteiger partial charge in [0.15, 0.2) is 0 Å². The van der Waals surface area contributed by atoms with Gasteiger partial charge in [-0.2, -0.15) is 13.2 Å². The first-order valence-corrected chi connectivity index (χ1v) is 10.2. The average Bonchev–Trinajstić information content (AvgIpc) is 2.85. The molecule has 3 heterocycles. The Morgan fingerprint density at radius 1 is 1.15 bits per heavy atom. The van der Waals surface area contributed by atoms with E-state index in [9.17, 15) is 18.0 Å². The van der Waals surface area contributed by atoms with E-state index in [4.69, 9.17) is 9.85 Å². The molecular weight excluding hydrogens is 445 g/mol. The number of carbonyl (C=O) groups is 1. The zero-order chi connectivity index (χ0) is 27.0. The van der Waals surface area contributed by atoms with Crippen LogP contribution in [0.5, 0.6) is 0 Å². The van der Waals surface area contributed by atoms with E-state index in [1.807, 2.05) is 0 Å². The number of hydrogen-bond acceptors (Lipinski definition) is 6. The van der Waals surface area contributed by atoms with Crippen molar-refractivity contribution in [3.8, 4) is 0 Å². The van der Waals surface area contributed by atoms with Gasteiger partial charge in [0.2, 0.25) is 0 Å². The van der Waals surface area contributed by atoms with Gasteiger partial charge in [-0.1, -0.05) is 0 Å². The number of aryl methyl sites for hydroxylation is 1. The molecule has 0 saturated carbocycles. The monoisotopic (exact) mass is 469 g/mol. The molecular formula is C24H21F3N6O. The maximum absolute atomic E-state index is 13.7. The average molecular weight is 469 g/mol. The number of nitrogens with two attached hydrogens (primary N) is 1. The minimum atomic E-state index is -4.54. The van der Waals surface area contributed by atoms with E-state index in [0.29, 0.717) is 22.9 Å². The number of fused-ring (bicyclic) bond motifs is 1. The predicted molar refractivity (Wildman–Crippen MR) is 120 cm³/mol. The summed E-state index contributed by atoms with van der Waals surface area (Å²) in [6.07, 6.45) is -0.799. The van der Waals surface area contributed by atoms with Crippen molar-refractivity contribution in [3.05, 3.63) is 89.3 Å². The summed E-state index contributed by atoms with van der Waals surface area (Å²) < 4.78 is 61.9. The molecule has 2 N–H and O–H groups in total. The number of carbonyl (C=O) groups excluding carboxylic acids is 1. The first-order chi connectivity index (χ1) is 17.3. The Morgan fingerprint density at radius 2 is 1.91 bits per heavy atom. The number of rotatable bonds is 5. The van der Waals surface area contributed by atoms with E-state index in [1.54, 1.807) is 19.1 Å². The third kappa shape index (κ3) is 4.80. The van der Waals surface area contributed by atoms with E-state index in [-0.39, 0.29) is 29.2 Å². The highest BCUT2D eigenvalue weighted by atomic mass is 19.4. The highest BCUT2D eigenvalue weighted by Gasteiger charge is 2.31. The van der Waals surface area contributed by atoms with Crippen LogP contribution in [0.25, 0.3) is 10.9 Å². The summed E-state index contributed by atoms with van der Waals surface area (Å²) in [6.45, 7) is -0.937. The van der Waals surface area contributed by atoms with Crippen LogP contribution >= 0.6 is 0 Å². The second-order valence-electron chi connectivity index (χ2n) is 7.58. The number of anilines is 1. The predicted octanol–water partition coefficient (Wildman–Crippen LogP) is 4.73. The number of benzene rings is 1. The molecule has 3 aromatic heterocycles. The summed E-state index contributed by atoms with van der Waals surface area (Å²) >= 11 is 0. The van der Waals surface area contributed by atoms with Gasteiger partial charge in [-0.05, 0) is 61.8 Å². The Labute approximate surface area is 197 Å². The summed E-state index contributed by atoms with van der Waals surface area (Å²) in [4.78, 5) is 31.5. The molecule has 0 saturated heterocycles. The molecule has 34 heavy (non-hydrogen) atoms. The zero-order valence-electron chi connectivity index (χ0n) is 20.9. The fourth-order valence-corrected chi connectivity index (χ4v) is 3.40. The number of amides is 1. The van der Waals surface area contributed by atoms with Gasteiger partial charge in [-0.15, -0.1) is 0 Å². The fraction of sp³-hybridized carbons (Fsp3) is 0.208. The fourth-order valence-electron chi connectivity index (χ4n) is 3.40. The molecule has 4 rings (SSSR count). The van der Waals surface area contributed by atoms with Crippen molar-refractivity contribution in [2.75, 3.05) is 5.73 Å². The van der Waals surface area contributed by atoms with Crippen molar-refractivity contribution < 1.29 is 22.1 Å². The highest BCUT2D eigenvalue weighted by molar-refractivity contribution is 5.98. The number of aromatic nitrogens is 4. The molecule has 0 aliphatic carbocycles. The Bertz CT molecular complexity index is 1430. The Balaban J connectivity index is 1.73. The van der Waals surface area contributed by atoms with E-state index in [1.165, 1.54) is 41.6 Å². The van der Waals surface area contributed by atoms with E-state index in [0.717, 1.165) is 6.07 Å². The smallest absolute Gasteiger partial charge is 0.383 e. The third-order valence-electron chi connectivity index (χ3n) is 5.26. The van der Waals surface area contributed by atoms with Gasteiger partial charge in [-0.3, -0.25) is 9.78 Å². The molecule has 4 aromatic rings. The third-order valence-corrected chi connectivity index (χ3v) is 5.26. The minimum absolute atomic E-state index is 0.128. The van der Waals surface area contributed by atoms with Crippen LogP contribution in [0, 0.1) is 6.85 Å². The van der Waals surface area contributed by atoms with Crippen molar-refractivity contribution in [3.63, 3.8) is 0 Å². The standard InChI is InChI=1S/C24H21F3N6O/c1-14-10-17-11-16(4-7-20(17)32-21(14)28)23(34)33(15(2)22-29-8-3-9-30-22)13-19-6-5-18(12-31-19)24(25,26)27/h3-12,15H,13H2,1-2H3,(H2,28,32)/t15-/m1/s1/i1D3. The second kappa shape index (κ2) is 9.05. The first kappa shape index (κ1) is 19.4. The van der Waals surface area contributed by atoms with Gasteiger partial charge in [-0.25, -0.2) is 15.0 Å². The van der Waals surface area contributed by atoms with Crippen molar-refractivity contribution >= 4 is 22.6 Å². The van der Waals surface area contributed by atoms with Crippen LogP contribution in [-0.4, -0.2) is 30.7 Å². The number of pyridine rings is 2. The molecule has 7 nitrogen and oxygen atoms in total. The molecule has 1 amide bonds. The van der Waals surface area contributed by atoms with Gasteiger partial charge in [0.25, 0.3) is 5.91 Å². The van der Waals surface area contributed by atoms with Crippen LogP contribution in [0.3, 0.4) is 0 Å². The molecule has 10 heteroatoms. The molecule has 174 valence electrons. The molecule has 0 bridgehead atoms. The quantitative estimate of drug-likeness (QED) is 0.454. The zero-order valence-corrected chi connectivity index (χ0v) is 17.9. The van der Waals surface area contributed by atoms with Gasteiger partial charge >= 0.3 is 6.18 Å². The molecule has 1 aromatic carbocycles. The maximum atomic E-state index is 13.7. The Hall–Kier alpha value is -4.08. The van der Waals surface area contributed by atoms with Crippen LogP contribution in [0.1, 0.15) is 50.1 Å². The summed E-state index contributed by atoms with van der Waals surface area (Å²) in [7, 11) is 0. The van der Waals surface area contributed by atoms with Crippen molar-refractivity contribution in [1.82, 2.24) is 24.8 Å². The van der Waals surface area contributed by atoms with E-state index in [2.05, 4.69) is 19.9 Å². The normalized spacial score (nSPS) is 14.2. The number of halogens is 3. The SMILES string of the molecule is [2H]C([2H])([2H])c1cc2cc(C(=O)N(Cc3ccc(C(F)(F)F)cn3)[C@H](C)c3ncccn3)ccc2nc1N. The molecule has 0 aliphatic rings. The highest BCUT2D eigenvalue weighted by Crippen LogP contribution is 2.29. The van der Waals surface area contributed by atoms with Crippen LogP contribution in [0.15, 0.2) is 61.1 Å². The van der Waals surface area contributed by atoms with Crippen molar-refractivity contribution in [1.29, 1.82) is 0 Å². The lowest BCUT2D eigenvalue weighted by molar-refractivity contribution is -0.137. The Morgan fingerprint density at radius 3 is 2.56 bits per heavy atom. The molecule has 0 unspecified atom stereocenters. The van der Waals surface area contributed by atoms with Gasteiger partial charge in [0.1, 0.15) is 11.6 Å². The van der Waals surface area contributed by atoms with Gasteiger partial charge < -0.3 is 10.6 Å². The molecule has 0 spiro atoms. The lowest BCUT2D eigenvalue weighted by atomic mass is 10.1. The van der Waals surface area contributed by atoms with Gasteiger partial charge in [0, 0.05) is 33.7 Å². The van der Waals surface area contributed by atoms with E-state index < -0.39 is 30.5 Å². The summed E-state index contributed by atoms with van der Waals surface area (Å²) in [5, 5.41) is 0.391. The van der Waals surface area contributed by atoms with Crippen LogP contribution in [0.2, 0.25) is 0 Å². The summed E-state index contributed by atoms with van der Waals surface area (Å²) in [5.74, 6) is -0.296.